The highest BCUT2D eigenvalue weighted by Crippen LogP contribution is 2.33. The van der Waals surface area contributed by atoms with Crippen LogP contribution >= 0.6 is 0 Å². The first-order chi connectivity index (χ1) is 10.0. The smallest absolute Gasteiger partial charge is 0.249 e. The van der Waals surface area contributed by atoms with Crippen LogP contribution in [0.5, 0.6) is 0 Å². The summed E-state index contributed by atoms with van der Waals surface area (Å²) in [5.41, 5.74) is 1.67. The molecule has 21 heavy (non-hydrogen) atoms. The molecule has 1 saturated heterocycles. The second-order valence-corrected chi connectivity index (χ2v) is 5.45. The molecule has 0 spiro atoms. The molecule has 2 aliphatic rings. The molecule has 1 aromatic rings. The zero-order valence-electron chi connectivity index (χ0n) is 11.3. The fourth-order valence-corrected chi connectivity index (χ4v) is 2.96. The largest absolute Gasteiger partial charge is 0.344 e. The monoisotopic (exact) mass is 290 g/mol. The highest BCUT2D eigenvalue weighted by atomic mass is 19.1. The van der Waals surface area contributed by atoms with Crippen LogP contribution in [-0.4, -0.2) is 23.8 Å². The first kappa shape index (κ1) is 13.7. The van der Waals surface area contributed by atoms with E-state index >= 15 is 0 Å². The summed E-state index contributed by atoms with van der Waals surface area (Å²) in [6.07, 6.45) is 1.81. The Hall–Kier alpha value is -2.24. The summed E-state index contributed by atoms with van der Waals surface area (Å²) in [6, 6.07) is 3.76. The van der Waals surface area contributed by atoms with Gasteiger partial charge in [-0.15, -0.1) is 0 Å². The first-order valence-corrected chi connectivity index (χ1v) is 6.97. The Morgan fingerprint density at radius 2 is 2.05 bits per heavy atom. The van der Waals surface area contributed by atoms with E-state index in [-0.39, 0.29) is 30.0 Å². The van der Waals surface area contributed by atoms with Gasteiger partial charge in [-0.2, -0.15) is 0 Å². The number of carbonyl (C=O) groups excluding carboxylic acids is 3. The van der Waals surface area contributed by atoms with Gasteiger partial charge in [0, 0.05) is 6.42 Å². The number of imide groups is 1. The second-order valence-electron chi connectivity index (χ2n) is 5.45. The maximum absolute atomic E-state index is 13.2. The second kappa shape index (κ2) is 5.27. The van der Waals surface area contributed by atoms with Gasteiger partial charge >= 0.3 is 0 Å². The van der Waals surface area contributed by atoms with Gasteiger partial charge < -0.3 is 5.32 Å². The zero-order valence-corrected chi connectivity index (χ0v) is 11.3. The SMILES string of the molecule is O=C1CCC(NC(=O)C2CCc3cc(F)ccc32)C(=O)N1. The van der Waals surface area contributed by atoms with Gasteiger partial charge in [0.1, 0.15) is 11.9 Å². The summed E-state index contributed by atoms with van der Waals surface area (Å²) in [7, 11) is 0. The van der Waals surface area contributed by atoms with Crippen LogP contribution < -0.4 is 10.6 Å². The van der Waals surface area contributed by atoms with Crippen LogP contribution in [-0.2, 0) is 20.8 Å². The third-order valence-corrected chi connectivity index (χ3v) is 4.05. The van der Waals surface area contributed by atoms with Crippen molar-refractivity contribution in [1.82, 2.24) is 10.6 Å². The summed E-state index contributed by atoms with van der Waals surface area (Å²) in [4.78, 5) is 35.0. The van der Waals surface area contributed by atoms with Crippen LogP contribution in [0.1, 0.15) is 36.3 Å². The van der Waals surface area contributed by atoms with Crippen LogP contribution in [0, 0.1) is 5.82 Å². The summed E-state index contributed by atoms with van der Waals surface area (Å²) in [5.74, 6) is -1.68. The lowest BCUT2D eigenvalue weighted by atomic mass is 9.99. The lowest BCUT2D eigenvalue weighted by molar-refractivity contribution is -0.137. The third-order valence-electron chi connectivity index (χ3n) is 4.05. The molecule has 0 radical (unpaired) electrons. The number of amides is 3. The molecule has 1 aliphatic carbocycles. The van der Waals surface area contributed by atoms with E-state index in [4.69, 9.17) is 0 Å². The van der Waals surface area contributed by atoms with Crippen molar-refractivity contribution in [3.63, 3.8) is 0 Å². The van der Waals surface area contributed by atoms with Gasteiger partial charge in [0.25, 0.3) is 0 Å². The predicted molar refractivity (Wildman–Crippen MR) is 71.8 cm³/mol. The fraction of sp³-hybridized carbons (Fsp3) is 0.400. The average Bonchev–Trinajstić information content (AvgIpc) is 2.84. The number of aryl methyl sites for hydroxylation is 1. The molecule has 5 nitrogen and oxygen atoms in total. The average molecular weight is 290 g/mol. The summed E-state index contributed by atoms with van der Waals surface area (Å²) < 4.78 is 13.2. The van der Waals surface area contributed by atoms with Gasteiger partial charge in [0.15, 0.2) is 0 Å². The number of piperidine rings is 1. The molecule has 1 aliphatic heterocycles. The number of carbonyl (C=O) groups is 3. The van der Waals surface area contributed by atoms with Crippen molar-refractivity contribution < 1.29 is 18.8 Å². The zero-order chi connectivity index (χ0) is 15.0. The Kier molecular flexibility index (Phi) is 3.45. The molecule has 1 fully saturated rings. The minimum atomic E-state index is -0.667. The van der Waals surface area contributed by atoms with Crippen molar-refractivity contribution in [2.75, 3.05) is 0 Å². The third kappa shape index (κ3) is 2.66. The van der Waals surface area contributed by atoms with Crippen molar-refractivity contribution in [2.45, 2.75) is 37.6 Å². The highest BCUT2D eigenvalue weighted by Gasteiger charge is 2.33. The maximum Gasteiger partial charge on any atom is 0.249 e. The fourth-order valence-electron chi connectivity index (χ4n) is 2.96. The van der Waals surface area contributed by atoms with E-state index < -0.39 is 11.9 Å². The van der Waals surface area contributed by atoms with Crippen LogP contribution in [0.25, 0.3) is 0 Å². The minimum absolute atomic E-state index is 0.225. The normalized spacial score (nSPS) is 24.4. The molecule has 3 amide bonds. The van der Waals surface area contributed by atoms with Gasteiger partial charge in [-0.3, -0.25) is 19.7 Å². The number of rotatable bonds is 2. The summed E-state index contributed by atoms with van der Waals surface area (Å²) in [6.45, 7) is 0. The molecule has 110 valence electrons. The van der Waals surface area contributed by atoms with Gasteiger partial charge in [0.2, 0.25) is 17.7 Å². The molecule has 2 N–H and O–H groups in total. The van der Waals surface area contributed by atoms with Crippen LogP contribution in [0.15, 0.2) is 18.2 Å². The molecule has 1 heterocycles. The Bertz CT molecular complexity index is 629. The van der Waals surface area contributed by atoms with Gasteiger partial charge in [0.05, 0.1) is 5.92 Å². The minimum Gasteiger partial charge on any atom is -0.344 e. The number of hydrogen-bond donors (Lipinski definition) is 2. The summed E-state index contributed by atoms with van der Waals surface area (Å²) >= 11 is 0. The quantitative estimate of drug-likeness (QED) is 0.790. The summed E-state index contributed by atoms with van der Waals surface area (Å²) in [5, 5.41) is 4.90. The Morgan fingerprint density at radius 1 is 1.24 bits per heavy atom. The molecule has 0 bridgehead atoms. The van der Waals surface area contributed by atoms with Crippen LogP contribution in [0.4, 0.5) is 4.39 Å². The number of hydrogen-bond acceptors (Lipinski definition) is 3. The van der Waals surface area contributed by atoms with Crippen molar-refractivity contribution in [3.05, 3.63) is 35.1 Å². The maximum atomic E-state index is 13.2. The molecule has 6 heteroatoms. The van der Waals surface area contributed by atoms with E-state index in [1.165, 1.54) is 12.1 Å². The van der Waals surface area contributed by atoms with E-state index in [2.05, 4.69) is 10.6 Å². The Balaban J connectivity index is 1.70. The molecular weight excluding hydrogens is 275 g/mol. The lowest BCUT2D eigenvalue weighted by Gasteiger charge is -2.23. The Labute approximate surface area is 120 Å². The lowest BCUT2D eigenvalue weighted by Crippen LogP contribution is -2.53. The van der Waals surface area contributed by atoms with Crippen molar-refractivity contribution in [1.29, 1.82) is 0 Å². The van der Waals surface area contributed by atoms with Crippen molar-refractivity contribution in [2.24, 2.45) is 0 Å². The topological polar surface area (TPSA) is 75.3 Å². The van der Waals surface area contributed by atoms with E-state index in [0.717, 1.165) is 11.1 Å². The van der Waals surface area contributed by atoms with Crippen molar-refractivity contribution in [3.8, 4) is 0 Å². The van der Waals surface area contributed by atoms with E-state index in [1.54, 1.807) is 6.07 Å². The Morgan fingerprint density at radius 3 is 2.81 bits per heavy atom. The molecule has 3 rings (SSSR count). The number of nitrogens with one attached hydrogen (secondary N) is 2. The van der Waals surface area contributed by atoms with E-state index in [9.17, 15) is 18.8 Å². The molecular formula is C15H15FN2O3. The van der Waals surface area contributed by atoms with Crippen LogP contribution in [0.2, 0.25) is 0 Å². The van der Waals surface area contributed by atoms with E-state index in [0.29, 0.717) is 19.3 Å². The number of halogens is 1. The van der Waals surface area contributed by atoms with Crippen LogP contribution in [0.3, 0.4) is 0 Å². The van der Waals surface area contributed by atoms with E-state index in [1.807, 2.05) is 0 Å². The number of benzene rings is 1. The van der Waals surface area contributed by atoms with Crippen molar-refractivity contribution >= 4 is 17.7 Å². The van der Waals surface area contributed by atoms with Gasteiger partial charge in [-0.1, -0.05) is 6.07 Å². The first-order valence-electron chi connectivity index (χ1n) is 6.97. The molecule has 1 aromatic carbocycles. The van der Waals surface area contributed by atoms with Gasteiger partial charge in [-0.05, 0) is 42.5 Å². The standard InChI is InChI=1S/C15H15FN2O3/c16-9-2-4-10-8(7-9)1-3-11(10)14(20)17-12-5-6-13(19)18-15(12)21/h2,4,7,11-12H,1,3,5-6H2,(H,17,20)(H,18,19,21). The molecule has 2 unspecified atom stereocenters. The predicted octanol–water partition coefficient (Wildman–Crippen LogP) is 0.777. The number of fused-ring (bicyclic) bond motifs is 1. The highest BCUT2D eigenvalue weighted by molar-refractivity contribution is 6.02. The molecule has 0 aromatic heterocycles. The molecule has 0 saturated carbocycles. The molecule has 2 atom stereocenters. The van der Waals surface area contributed by atoms with Gasteiger partial charge in [-0.25, -0.2) is 4.39 Å².